The lowest BCUT2D eigenvalue weighted by molar-refractivity contribution is 0.614. The molecule has 0 radical (unpaired) electrons. The normalized spacial score (nSPS) is 10.2. The Bertz CT molecular complexity index is 471. The second-order valence-corrected chi connectivity index (χ2v) is 4.27. The molecular formula is C13H11FS. The Kier molecular flexibility index (Phi) is 2.97. The van der Waals surface area contributed by atoms with Gasteiger partial charge in [-0.25, -0.2) is 4.39 Å². The highest BCUT2D eigenvalue weighted by Crippen LogP contribution is 2.19. The molecule has 0 fully saturated rings. The SMILES string of the molecule is C=Cc1cc(Cc2ccccc2F)cs1. The van der Waals surface area contributed by atoms with Crippen molar-refractivity contribution in [1.82, 2.24) is 0 Å². The average Bonchev–Trinajstić information content (AvgIpc) is 2.69. The zero-order valence-corrected chi connectivity index (χ0v) is 9.06. The van der Waals surface area contributed by atoms with Gasteiger partial charge in [-0.3, -0.25) is 0 Å². The molecule has 0 aliphatic heterocycles. The van der Waals surface area contributed by atoms with E-state index in [9.17, 15) is 4.39 Å². The molecule has 0 saturated carbocycles. The lowest BCUT2D eigenvalue weighted by Crippen LogP contribution is -1.89. The van der Waals surface area contributed by atoms with Crippen molar-refractivity contribution < 1.29 is 4.39 Å². The van der Waals surface area contributed by atoms with Crippen LogP contribution in [0.25, 0.3) is 6.08 Å². The fourth-order valence-corrected chi connectivity index (χ4v) is 2.21. The summed E-state index contributed by atoms with van der Waals surface area (Å²) in [6.07, 6.45) is 2.46. The van der Waals surface area contributed by atoms with Gasteiger partial charge in [0.2, 0.25) is 0 Å². The van der Waals surface area contributed by atoms with E-state index in [4.69, 9.17) is 0 Å². The summed E-state index contributed by atoms with van der Waals surface area (Å²) in [6.45, 7) is 3.71. The van der Waals surface area contributed by atoms with Crippen LogP contribution in [-0.2, 0) is 6.42 Å². The molecule has 76 valence electrons. The topological polar surface area (TPSA) is 0 Å². The van der Waals surface area contributed by atoms with Gasteiger partial charge in [-0.1, -0.05) is 30.9 Å². The summed E-state index contributed by atoms with van der Waals surface area (Å²) in [5.74, 6) is -0.135. The van der Waals surface area contributed by atoms with E-state index in [-0.39, 0.29) is 5.82 Å². The van der Waals surface area contributed by atoms with E-state index >= 15 is 0 Å². The van der Waals surface area contributed by atoms with Crippen LogP contribution in [0.5, 0.6) is 0 Å². The van der Waals surface area contributed by atoms with Crippen LogP contribution in [0.2, 0.25) is 0 Å². The summed E-state index contributed by atoms with van der Waals surface area (Å²) < 4.78 is 13.3. The molecule has 1 heterocycles. The van der Waals surface area contributed by atoms with Crippen LogP contribution in [0.4, 0.5) is 4.39 Å². The van der Waals surface area contributed by atoms with Crippen molar-refractivity contribution in [1.29, 1.82) is 0 Å². The number of halogens is 1. The van der Waals surface area contributed by atoms with Gasteiger partial charge in [0.05, 0.1) is 0 Å². The summed E-state index contributed by atoms with van der Waals surface area (Å²) in [5, 5.41) is 2.05. The van der Waals surface area contributed by atoms with Gasteiger partial charge < -0.3 is 0 Å². The van der Waals surface area contributed by atoms with Gasteiger partial charge in [0, 0.05) is 11.3 Å². The quantitative estimate of drug-likeness (QED) is 0.727. The number of hydrogen-bond acceptors (Lipinski definition) is 1. The second-order valence-electron chi connectivity index (χ2n) is 3.33. The zero-order valence-electron chi connectivity index (χ0n) is 8.24. The Balaban J connectivity index is 2.22. The predicted molar refractivity (Wildman–Crippen MR) is 63.6 cm³/mol. The van der Waals surface area contributed by atoms with Gasteiger partial charge in [0.25, 0.3) is 0 Å². The summed E-state index contributed by atoms with van der Waals surface area (Å²) in [6, 6.07) is 8.93. The summed E-state index contributed by atoms with van der Waals surface area (Å²) in [7, 11) is 0. The van der Waals surface area contributed by atoms with Gasteiger partial charge in [0.15, 0.2) is 0 Å². The Labute approximate surface area is 92.7 Å². The van der Waals surface area contributed by atoms with E-state index in [1.807, 2.05) is 29.7 Å². The molecule has 0 atom stereocenters. The molecular weight excluding hydrogens is 207 g/mol. The third-order valence-electron chi connectivity index (χ3n) is 2.23. The molecule has 15 heavy (non-hydrogen) atoms. The minimum absolute atomic E-state index is 0.135. The van der Waals surface area contributed by atoms with Crippen molar-refractivity contribution in [3.63, 3.8) is 0 Å². The maximum Gasteiger partial charge on any atom is 0.126 e. The summed E-state index contributed by atoms with van der Waals surface area (Å²) >= 11 is 1.63. The van der Waals surface area contributed by atoms with Crippen molar-refractivity contribution in [3.8, 4) is 0 Å². The Morgan fingerprint density at radius 3 is 2.80 bits per heavy atom. The third-order valence-corrected chi connectivity index (χ3v) is 3.20. The highest BCUT2D eigenvalue weighted by Gasteiger charge is 2.03. The van der Waals surface area contributed by atoms with E-state index in [2.05, 4.69) is 6.58 Å². The average molecular weight is 218 g/mol. The van der Waals surface area contributed by atoms with Gasteiger partial charge in [-0.15, -0.1) is 11.3 Å². The van der Waals surface area contributed by atoms with Gasteiger partial charge in [-0.2, -0.15) is 0 Å². The van der Waals surface area contributed by atoms with Crippen LogP contribution < -0.4 is 0 Å². The highest BCUT2D eigenvalue weighted by atomic mass is 32.1. The number of thiophene rings is 1. The predicted octanol–water partition coefficient (Wildman–Crippen LogP) is 4.12. The third kappa shape index (κ3) is 2.34. The molecule has 0 aliphatic carbocycles. The molecule has 0 aliphatic rings. The van der Waals surface area contributed by atoms with Crippen LogP contribution >= 0.6 is 11.3 Å². The molecule has 0 unspecified atom stereocenters. The molecule has 1 aromatic carbocycles. The van der Waals surface area contributed by atoms with Crippen molar-refractivity contribution >= 4 is 17.4 Å². The fraction of sp³-hybridized carbons (Fsp3) is 0.0769. The highest BCUT2D eigenvalue weighted by molar-refractivity contribution is 7.11. The van der Waals surface area contributed by atoms with E-state index in [0.29, 0.717) is 6.42 Å². The minimum Gasteiger partial charge on any atom is -0.207 e. The summed E-state index contributed by atoms with van der Waals surface area (Å²) in [5.41, 5.74) is 1.88. The molecule has 2 heteroatoms. The van der Waals surface area contributed by atoms with E-state index < -0.39 is 0 Å². The summed E-state index contributed by atoms with van der Waals surface area (Å²) in [4.78, 5) is 1.13. The van der Waals surface area contributed by atoms with Crippen molar-refractivity contribution in [2.24, 2.45) is 0 Å². The molecule has 0 amide bonds. The number of rotatable bonds is 3. The number of hydrogen-bond donors (Lipinski definition) is 0. The Morgan fingerprint density at radius 1 is 1.33 bits per heavy atom. The smallest absolute Gasteiger partial charge is 0.126 e. The molecule has 0 spiro atoms. The van der Waals surface area contributed by atoms with Crippen molar-refractivity contribution in [2.75, 3.05) is 0 Å². The van der Waals surface area contributed by atoms with Crippen LogP contribution in [0.15, 0.2) is 42.3 Å². The molecule has 2 rings (SSSR count). The van der Waals surface area contributed by atoms with Crippen LogP contribution in [0.1, 0.15) is 16.0 Å². The number of benzene rings is 1. The van der Waals surface area contributed by atoms with Crippen LogP contribution in [-0.4, -0.2) is 0 Å². The molecule has 0 N–H and O–H groups in total. The van der Waals surface area contributed by atoms with Gasteiger partial charge in [0.1, 0.15) is 5.82 Å². The molecule has 1 aromatic heterocycles. The lowest BCUT2D eigenvalue weighted by Gasteiger charge is -1.99. The maximum atomic E-state index is 13.3. The first-order valence-corrected chi connectivity index (χ1v) is 5.61. The zero-order chi connectivity index (χ0) is 10.7. The van der Waals surface area contributed by atoms with Crippen molar-refractivity contribution in [3.05, 3.63) is 64.1 Å². The first-order valence-electron chi connectivity index (χ1n) is 4.73. The maximum absolute atomic E-state index is 13.3. The lowest BCUT2D eigenvalue weighted by atomic mass is 10.1. The Hall–Kier alpha value is -1.41. The van der Waals surface area contributed by atoms with Crippen LogP contribution in [0.3, 0.4) is 0 Å². The molecule has 2 aromatic rings. The monoisotopic (exact) mass is 218 g/mol. The Morgan fingerprint density at radius 2 is 2.13 bits per heavy atom. The molecule has 0 nitrogen and oxygen atoms in total. The van der Waals surface area contributed by atoms with Crippen LogP contribution in [0, 0.1) is 5.82 Å². The molecule has 0 saturated heterocycles. The van der Waals surface area contributed by atoms with E-state index in [1.54, 1.807) is 17.4 Å². The van der Waals surface area contributed by atoms with Gasteiger partial charge >= 0.3 is 0 Å². The van der Waals surface area contributed by atoms with E-state index in [1.165, 1.54) is 6.07 Å². The minimum atomic E-state index is -0.135. The van der Waals surface area contributed by atoms with Gasteiger partial charge in [-0.05, 0) is 28.6 Å². The molecule has 0 bridgehead atoms. The fourth-order valence-electron chi connectivity index (χ4n) is 1.46. The van der Waals surface area contributed by atoms with E-state index in [0.717, 1.165) is 16.0 Å². The first kappa shape index (κ1) is 10.1. The first-order chi connectivity index (χ1) is 7.29. The second kappa shape index (κ2) is 4.41. The standard InChI is InChI=1S/C13H11FS/c1-2-12-8-10(9-15-12)7-11-5-3-4-6-13(11)14/h2-6,8-9H,1,7H2. The van der Waals surface area contributed by atoms with Crippen molar-refractivity contribution in [2.45, 2.75) is 6.42 Å². The largest absolute Gasteiger partial charge is 0.207 e.